The second-order valence-electron chi connectivity index (χ2n) is 5.02. The minimum absolute atomic E-state index is 0.0329. The summed E-state index contributed by atoms with van der Waals surface area (Å²) in [6, 6.07) is 1.14. The maximum absolute atomic E-state index is 12.2. The van der Waals surface area contributed by atoms with Crippen LogP contribution in [-0.4, -0.2) is 41.5 Å². The lowest BCUT2D eigenvalue weighted by atomic mass is 10.0. The molecule has 1 aromatic carbocycles. The van der Waals surface area contributed by atoms with Gasteiger partial charge in [-0.15, -0.1) is 0 Å². The first-order chi connectivity index (χ1) is 9.41. The van der Waals surface area contributed by atoms with Crippen LogP contribution in [0.1, 0.15) is 27.9 Å². The molecular formula is C14H18BrNO4. The fourth-order valence-electron chi connectivity index (χ4n) is 2.15. The molecule has 0 aromatic heterocycles. The van der Waals surface area contributed by atoms with Gasteiger partial charge in [-0.2, -0.15) is 0 Å². The van der Waals surface area contributed by atoms with Crippen LogP contribution in [0, 0.1) is 13.8 Å². The third-order valence-corrected chi connectivity index (χ3v) is 4.51. The zero-order chi connectivity index (χ0) is 14.9. The molecule has 2 unspecified atom stereocenters. The van der Waals surface area contributed by atoms with Crippen LogP contribution in [0.25, 0.3) is 0 Å². The standard InChI is InChI=1S/C14H18BrNO4/c1-7-8(2)13(18)9(5-10(7)15)14(19)16-11-6-20-4-3-12(11)17/h5,11-12,17-18H,3-4,6H2,1-2H3,(H,16,19). The number of carbonyl (C=O) groups is 1. The number of benzene rings is 1. The van der Waals surface area contributed by atoms with Gasteiger partial charge in [0.25, 0.3) is 5.91 Å². The monoisotopic (exact) mass is 343 g/mol. The van der Waals surface area contributed by atoms with Gasteiger partial charge in [0.15, 0.2) is 0 Å². The van der Waals surface area contributed by atoms with Gasteiger partial charge in [-0.3, -0.25) is 4.79 Å². The maximum Gasteiger partial charge on any atom is 0.255 e. The fraction of sp³-hybridized carbons (Fsp3) is 0.500. The Kier molecular flexibility index (Phi) is 4.67. The number of halogens is 1. The van der Waals surface area contributed by atoms with Crippen LogP contribution < -0.4 is 5.32 Å². The third-order valence-electron chi connectivity index (χ3n) is 3.68. The van der Waals surface area contributed by atoms with E-state index in [4.69, 9.17) is 4.74 Å². The highest BCUT2D eigenvalue weighted by Gasteiger charge is 2.27. The van der Waals surface area contributed by atoms with E-state index in [0.29, 0.717) is 18.6 Å². The number of amides is 1. The highest BCUT2D eigenvalue weighted by atomic mass is 79.9. The van der Waals surface area contributed by atoms with Gasteiger partial charge in [0.1, 0.15) is 5.75 Å². The summed E-state index contributed by atoms with van der Waals surface area (Å²) in [6.45, 7) is 4.39. The summed E-state index contributed by atoms with van der Waals surface area (Å²) in [5.41, 5.74) is 1.74. The molecule has 2 rings (SSSR count). The maximum atomic E-state index is 12.2. The summed E-state index contributed by atoms with van der Waals surface area (Å²) >= 11 is 3.37. The molecule has 0 saturated carbocycles. The second kappa shape index (κ2) is 6.11. The highest BCUT2D eigenvalue weighted by Crippen LogP contribution is 2.31. The molecule has 0 spiro atoms. The number of hydrogen-bond acceptors (Lipinski definition) is 4. The molecule has 5 nitrogen and oxygen atoms in total. The van der Waals surface area contributed by atoms with Crippen LogP contribution >= 0.6 is 15.9 Å². The molecule has 1 amide bonds. The molecule has 3 N–H and O–H groups in total. The van der Waals surface area contributed by atoms with E-state index in [9.17, 15) is 15.0 Å². The van der Waals surface area contributed by atoms with Gasteiger partial charge >= 0.3 is 0 Å². The Morgan fingerprint density at radius 3 is 2.80 bits per heavy atom. The molecule has 1 aliphatic rings. The van der Waals surface area contributed by atoms with E-state index < -0.39 is 18.1 Å². The van der Waals surface area contributed by atoms with Crippen molar-refractivity contribution in [2.24, 2.45) is 0 Å². The normalized spacial score (nSPS) is 22.6. The third kappa shape index (κ3) is 2.97. The topological polar surface area (TPSA) is 78.8 Å². The quantitative estimate of drug-likeness (QED) is 0.762. The minimum atomic E-state index is -0.621. The van der Waals surface area contributed by atoms with E-state index in [1.807, 2.05) is 6.92 Å². The van der Waals surface area contributed by atoms with E-state index in [-0.39, 0.29) is 17.9 Å². The van der Waals surface area contributed by atoms with Crippen LogP contribution in [0.4, 0.5) is 0 Å². The average molecular weight is 344 g/mol. The molecule has 1 fully saturated rings. The lowest BCUT2D eigenvalue weighted by Crippen LogP contribution is -2.49. The van der Waals surface area contributed by atoms with Gasteiger partial charge in [-0.25, -0.2) is 0 Å². The van der Waals surface area contributed by atoms with Gasteiger partial charge in [-0.05, 0) is 37.5 Å². The first-order valence-corrected chi connectivity index (χ1v) is 7.26. The van der Waals surface area contributed by atoms with E-state index in [2.05, 4.69) is 21.2 Å². The van der Waals surface area contributed by atoms with Crippen LogP contribution in [0.15, 0.2) is 10.5 Å². The zero-order valence-corrected chi connectivity index (χ0v) is 13.0. The highest BCUT2D eigenvalue weighted by molar-refractivity contribution is 9.10. The van der Waals surface area contributed by atoms with Crippen molar-refractivity contribution in [3.8, 4) is 5.75 Å². The SMILES string of the molecule is Cc1c(Br)cc(C(=O)NC2COCCC2O)c(O)c1C. The van der Waals surface area contributed by atoms with Crippen LogP contribution in [0.5, 0.6) is 5.75 Å². The van der Waals surface area contributed by atoms with Crippen molar-refractivity contribution in [1.82, 2.24) is 5.32 Å². The van der Waals surface area contributed by atoms with Crippen molar-refractivity contribution in [3.63, 3.8) is 0 Å². The van der Waals surface area contributed by atoms with Crippen LogP contribution in [-0.2, 0) is 4.74 Å². The van der Waals surface area contributed by atoms with E-state index in [1.54, 1.807) is 13.0 Å². The molecule has 1 aromatic rings. The molecule has 0 radical (unpaired) electrons. The summed E-state index contributed by atoms with van der Waals surface area (Å²) in [7, 11) is 0. The first kappa shape index (κ1) is 15.3. The van der Waals surface area contributed by atoms with Crippen molar-refractivity contribution in [1.29, 1.82) is 0 Å². The Morgan fingerprint density at radius 2 is 2.15 bits per heavy atom. The summed E-state index contributed by atoms with van der Waals surface area (Å²) in [4.78, 5) is 12.2. The number of ether oxygens (including phenoxy) is 1. The Morgan fingerprint density at radius 1 is 1.45 bits per heavy atom. The predicted octanol–water partition coefficient (Wildman–Crippen LogP) is 1.65. The number of phenols is 1. The van der Waals surface area contributed by atoms with Crippen LogP contribution in [0.2, 0.25) is 0 Å². The van der Waals surface area contributed by atoms with Crippen molar-refractivity contribution in [2.75, 3.05) is 13.2 Å². The second-order valence-corrected chi connectivity index (χ2v) is 5.87. The van der Waals surface area contributed by atoms with E-state index in [1.165, 1.54) is 0 Å². The van der Waals surface area contributed by atoms with E-state index >= 15 is 0 Å². The molecule has 1 heterocycles. The largest absolute Gasteiger partial charge is 0.507 e. The van der Waals surface area contributed by atoms with Gasteiger partial charge in [0.05, 0.1) is 24.3 Å². The number of aliphatic hydroxyl groups excluding tert-OH is 1. The fourth-order valence-corrected chi connectivity index (χ4v) is 2.67. The molecule has 20 heavy (non-hydrogen) atoms. The molecule has 110 valence electrons. The smallest absolute Gasteiger partial charge is 0.255 e. The molecule has 0 aliphatic carbocycles. The number of aliphatic hydroxyl groups is 1. The summed E-state index contributed by atoms with van der Waals surface area (Å²) in [6.07, 6.45) is -0.127. The number of nitrogens with one attached hydrogen (secondary N) is 1. The molecule has 2 atom stereocenters. The Bertz CT molecular complexity index is 532. The Hall–Kier alpha value is -1.11. The predicted molar refractivity (Wildman–Crippen MR) is 78.0 cm³/mol. The molecule has 1 aliphatic heterocycles. The number of carbonyl (C=O) groups excluding carboxylic acids is 1. The van der Waals surface area contributed by atoms with Gasteiger partial charge in [-0.1, -0.05) is 15.9 Å². The molecule has 1 saturated heterocycles. The number of rotatable bonds is 2. The molecule has 6 heteroatoms. The van der Waals surface area contributed by atoms with Crippen molar-refractivity contribution in [3.05, 3.63) is 27.2 Å². The Balaban J connectivity index is 2.21. The van der Waals surface area contributed by atoms with Gasteiger partial charge in [0.2, 0.25) is 0 Å². The average Bonchev–Trinajstić information content (AvgIpc) is 2.43. The molecular weight excluding hydrogens is 326 g/mol. The number of hydrogen-bond donors (Lipinski definition) is 3. The lowest BCUT2D eigenvalue weighted by molar-refractivity contribution is -0.0140. The summed E-state index contributed by atoms with van der Waals surface area (Å²) < 4.78 is 6.00. The first-order valence-electron chi connectivity index (χ1n) is 6.47. The number of aromatic hydroxyl groups is 1. The molecule has 0 bridgehead atoms. The van der Waals surface area contributed by atoms with Crippen molar-refractivity contribution in [2.45, 2.75) is 32.4 Å². The van der Waals surface area contributed by atoms with Crippen LogP contribution in [0.3, 0.4) is 0 Å². The van der Waals surface area contributed by atoms with E-state index in [0.717, 1.165) is 10.0 Å². The lowest BCUT2D eigenvalue weighted by Gasteiger charge is -2.28. The number of phenolic OH excluding ortho intramolecular Hbond substituents is 1. The van der Waals surface area contributed by atoms with Gasteiger partial charge < -0.3 is 20.3 Å². The van der Waals surface area contributed by atoms with Gasteiger partial charge in [0, 0.05) is 11.1 Å². The summed E-state index contributed by atoms with van der Waals surface area (Å²) in [5, 5.41) is 22.6. The summed E-state index contributed by atoms with van der Waals surface area (Å²) in [5.74, 6) is -0.449. The minimum Gasteiger partial charge on any atom is -0.507 e. The zero-order valence-electron chi connectivity index (χ0n) is 11.4. The van der Waals surface area contributed by atoms with Crippen molar-refractivity contribution < 1.29 is 19.7 Å². The van der Waals surface area contributed by atoms with Crippen molar-refractivity contribution >= 4 is 21.8 Å². The Labute approximate surface area is 126 Å².